The van der Waals surface area contributed by atoms with Gasteiger partial charge in [0.05, 0.1) is 18.6 Å². The van der Waals surface area contributed by atoms with E-state index in [0.29, 0.717) is 6.42 Å². The van der Waals surface area contributed by atoms with Crippen molar-refractivity contribution in [2.24, 2.45) is 5.92 Å². The number of hydrogen-bond donors (Lipinski definition) is 0. The lowest BCUT2D eigenvalue weighted by atomic mass is 10.00. The summed E-state index contributed by atoms with van der Waals surface area (Å²) >= 11 is 0. The average molecular weight is 342 g/mol. The number of benzene rings is 1. The third-order valence-corrected chi connectivity index (χ3v) is 5.11. The van der Waals surface area contributed by atoms with Gasteiger partial charge >= 0.3 is 5.97 Å². The minimum Gasteiger partial charge on any atom is -0.469 e. The first kappa shape index (κ1) is 19.6. The average Bonchev–Trinajstić information content (AvgIpc) is 2.54. The minimum atomic E-state index is -3.70. The fraction of sp³-hybridized carbons (Fsp3) is 0.588. The van der Waals surface area contributed by atoms with E-state index in [0.717, 1.165) is 31.2 Å². The molecule has 5 nitrogen and oxygen atoms in total. The van der Waals surface area contributed by atoms with Gasteiger partial charge in [0.25, 0.3) is 10.1 Å². The number of carbonyl (C=O) groups is 1. The fourth-order valence-corrected chi connectivity index (χ4v) is 3.15. The van der Waals surface area contributed by atoms with Crippen LogP contribution in [0.2, 0.25) is 0 Å². The van der Waals surface area contributed by atoms with E-state index < -0.39 is 10.1 Å². The Labute approximate surface area is 139 Å². The van der Waals surface area contributed by atoms with E-state index in [2.05, 4.69) is 4.74 Å². The number of aryl methyl sites for hydroxylation is 1. The number of hydrogen-bond acceptors (Lipinski definition) is 5. The molecule has 6 heteroatoms. The zero-order chi connectivity index (χ0) is 17.3. The summed E-state index contributed by atoms with van der Waals surface area (Å²) in [4.78, 5) is 11.2. The third kappa shape index (κ3) is 7.14. The van der Waals surface area contributed by atoms with Crippen molar-refractivity contribution in [2.75, 3.05) is 13.7 Å². The molecule has 0 aliphatic heterocycles. The van der Waals surface area contributed by atoms with E-state index in [1.807, 2.05) is 13.8 Å². The molecule has 0 spiro atoms. The normalized spacial score (nSPS) is 12.8. The van der Waals surface area contributed by atoms with E-state index in [1.165, 1.54) is 7.11 Å². The highest BCUT2D eigenvalue weighted by Gasteiger charge is 2.17. The Hall–Kier alpha value is -1.40. The number of ether oxygens (including phenoxy) is 1. The highest BCUT2D eigenvalue weighted by molar-refractivity contribution is 7.86. The van der Waals surface area contributed by atoms with Crippen LogP contribution in [0.5, 0.6) is 0 Å². The molecule has 1 atom stereocenters. The summed E-state index contributed by atoms with van der Waals surface area (Å²) in [5.41, 5.74) is 1.00. The Kier molecular flexibility index (Phi) is 8.26. The topological polar surface area (TPSA) is 69.7 Å². The summed E-state index contributed by atoms with van der Waals surface area (Å²) in [6.45, 7) is 4.08. The predicted octanol–water partition coefficient (Wildman–Crippen LogP) is 3.46. The van der Waals surface area contributed by atoms with Crippen LogP contribution in [0, 0.1) is 12.8 Å². The van der Waals surface area contributed by atoms with Crippen molar-refractivity contribution >= 4 is 16.1 Å². The zero-order valence-electron chi connectivity index (χ0n) is 14.1. The molecule has 0 unspecified atom stereocenters. The minimum absolute atomic E-state index is 0.160. The highest BCUT2D eigenvalue weighted by Crippen LogP contribution is 2.18. The van der Waals surface area contributed by atoms with Gasteiger partial charge in [-0.25, -0.2) is 0 Å². The van der Waals surface area contributed by atoms with E-state index >= 15 is 0 Å². The molecule has 0 radical (unpaired) electrons. The first-order chi connectivity index (χ1) is 10.9. The van der Waals surface area contributed by atoms with Crippen molar-refractivity contribution in [3.63, 3.8) is 0 Å². The lowest BCUT2D eigenvalue weighted by Gasteiger charge is -2.15. The Bertz CT molecular complexity index is 578. The van der Waals surface area contributed by atoms with Gasteiger partial charge in [-0.3, -0.25) is 8.98 Å². The summed E-state index contributed by atoms with van der Waals surface area (Å²) in [7, 11) is -2.33. The zero-order valence-corrected chi connectivity index (χ0v) is 14.9. The maximum absolute atomic E-state index is 12.1. The summed E-state index contributed by atoms with van der Waals surface area (Å²) in [5.74, 6) is -0.0517. The molecule has 0 amide bonds. The van der Waals surface area contributed by atoms with Gasteiger partial charge in [-0.05, 0) is 37.8 Å². The maximum atomic E-state index is 12.1. The maximum Gasteiger partial charge on any atom is 0.305 e. The molecule has 0 N–H and O–H groups in total. The van der Waals surface area contributed by atoms with Gasteiger partial charge in [0, 0.05) is 6.42 Å². The largest absolute Gasteiger partial charge is 0.469 e. The molecule has 0 aromatic heterocycles. The summed E-state index contributed by atoms with van der Waals surface area (Å²) in [5, 5.41) is 0. The monoisotopic (exact) mass is 342 g/mol. The second kappa shape index (κ2) is 9.67. The fourth-order valence-electron chi connectivity index (χ4n) is 2.17. The molecule has 23 heavy (non-hydrogen) atoms. The molecule has 0 aliphatic rings. The van der Waals surface area contributed by atoms with Crippen LogP contribution in [0.1, 0.15) is 44.6 Å². The lowest BCUT2D eigenvalue weighted by molar-refractivity contribution is -0.140. The quantitative estimate of drug-likeness (QED) is 0.370. The molecule has 0 bridgehead atoms. The number of methoxy groups -OCH3 is 1. The van der Waals surface area contributed by atoms with Crippen molar-refractivity contribution in [3.05, 3.63) is 29.8 Å². The molecule has 1 aromatic rings. The van der Waals surface area contributed by atoms with Crippen molar-refractivity contribution in [2.45, 2.75) is 50.8 Å². The molecular formula is C17H26O5S. The Morgan fingerprint density at radius 2 is 1.83 bits per heavy atom. The second-order valence-electron chi connectivity index (χ2n) is 5.65. The van der Waals surface area contributed by atoms with Gasteiger partial charge in [-0.15, -0.1) is 0 Å². The standard InChI is InChI=1S/C17H26O5S/c1-4-15(7-5-6-8-17(18)21-3)13-22-23(19,20)16-11-9-14(2)10-12-16/h9-12,15H,4-8,13H2,1-3H3/t15-/m0/s1. The molecule has 0 saturated heterocycles. The van der Waals surface area contributed by atoms with Crippen LogP contribution in [0.3, 0.4) is 0 Å². The van der Waals surface area contributed by atoms with Gasteiger partial charge in [0.2, 0.25) is 0 Å². The van der Waals surface area contributed by atoms with Crippen LogP contribution in [-0.2, 0) is 23.8 Å². The number of unbranched alkanes of at least 4 members (excludes halogenated alkanes) is 1. The van der Waals surface area contributed by atoms with Crippen molar-refractivity contribution < 1.29 is 22.1 Å². The first-order valence-corrected chi connectivity index (χ1v) is 9.32. The van der Waals surface area contributed by atoms with Gasteiger partial charge in [-0.1, -0.05) is 37.5 Å². The van der Waals surface area contributed by atoms with Gasteiger partial charge in [0.1, 0.15) is 0 Å². The lowest BCUT2D eigenvalue weighted by Crippen LogP contribution is -2.14. The molecular weight excluding hydrogens is 316 g/mol. The molecule has 0 aliphatic carbocycles. The molecule has 130 valence electrons. The first-order valence-electron chi connectivity index (χ1n) is 7.92. The van der Waals surface area contributed by atoms with Crippen LogP contribution in [0.25, 0.3) is 0 Å². The van der Waals surface area contributed by atoms with E-state index in [4.69, 9.17) is 4.18 Å². The summed E-state index contributed by atoms with van der Waals surface area (Å²) in [6.07, 6.45) is 3.66. The van der Waals surface area contributed by atoms with Crippen LogP contribution < -0.4 is 0 Å². The molecule has 1 aromatic carbocycles. The van der Waals surface area contributed by atoms with Gasteiger partial charge < -0.3 is 4.74 Å². The Balaban J connectivity index is 2.43. The second-order valence-corrected chi connectivity index (χ2v) is 7.26. The molecule has 0 fully saturated rings. The third-order valence-electron chi connectivity index (χ3n) is 3.82. The van der Waals surface area contributed by atoms with Crippen LogP contribution in [0.4, 0.5) is 0 Å². The van der Waals surface area contributed by atoms with E-state index in [-0.39, 0.29) is 23.4 Å². The van der Waals surface area contributed by atoms with E-state index in [9.17, 15) is 13.2 Å². The van der Waals surface area contributed by atoms with Crippen molar-refractivity contribution in [1.29, 1.82) is 0 Å². The van der Waals surface area contributed by atoms with Crippen molar-refractivity contribution in [3.8, 4) is 0 Å². The SMILES string of the molecule is CC[C@@H](CCCCC(=O)OC)COS(=O)(=O)c1ccc(C)cc1. The predicted molar refractivity (Wildman–Crippen MR) is 88.6 cm³/mol. The number of rotatable bonds is 10. The Morgan fingerprint density at radius 3 is 2.39 bits per heavy atom. The molecule has 0 heterocycles. The van der Waals surface area contributed by atoms with Gasteiger partial charge in [-0.2, -0.15) is 8.42 Å². The number of carbonyl (C=O) groups excluding carboxylic acids is 1. The molecule has 0 saturated carbocycles. The summed E-state index contributed by atoms with van der Waals surface area (Å²) < 4.78 is 34.1. The summed E-state index contributed by atoms with van der Waals surface area (Å²) in [6, 6.07) is 6.62. The Morgan fingerprint density at radius 1 is 1.17 bits per heavy atom. The highest BCUT2D eigenvalue weighted by atomic mass is 32.2. The van der Waals surface area contributed by atoms with Gasteiger partial charge in [0.15, 0.2) is 0 Å². The van der Waals surface area contributed by atoms with Crippen LogP contribution in [-0.4, -0.2) is 28.1 Å². The van der Waals surface area contributed by atoms with Crippen LogP contribution >= 0.6 is 0 Å². The smallest absolute Gasteiger partial charge is 0.305 e. The molecule has 1 rings (SSSR count). The van der Waals surface area contributed by atoms with Crippen LogP contribution in [0.15, 0.2) is 29.2 Å². The van der Waals surface area contributed by atoms with Crippen molar-refractivity contribution in [1.82, 2.24) is 0 Å². The van der Waals surface area contributed by atoms with E-state index in [1.54, 1.807) is 24.3 Å². The number of esters is 1.